The molecular formula is C48H35N3. The molecule has 0 atom stereocenters. The molecule has 1 aliphatic carbocycles. The zero-order chi connectivity index (χ0) is 34.5. The summed E-state index contributed by atoms with van der Waals surface area (Å²) in [5, 5.41) is 16.3. The molecule has 1 aliphatic rings. The lowest BCUT2D eigenvalue weighted by molar-refractivity contribution is 0.659. The summed E-state index contributed by atoms with van der Waals surface area (Å²) in [5.41, 5.74) is 9.57. The fraction of sp³-hybridized carbons (Fsp3) is 0.0625. The highest BCUT2D eigenvalue weighted by molar-refractivity contribution is 6.22. The van der Waals surface area contributed by atoms with Gasteiger partial charge in [-0.2, -0.15) is 0 Å². The molecule has 0 heterocycles. The summed E-state index contributed by atoms with van der Waals surface area (Å²) in [6.07, 6.45) is 1.97. The summed E-state index contributed by atoms with van der Waals surface area (Å²) in [4.78, 5) is 10.3. The summed E-state index contributed by atoms with van der Waals surface area (Å²) in [7, 11) is 0. The summed E-state index contributed by atoms with van der Waals surface area (Å²) in [5.74, 6) is 0.688. The predicted octanol–water partition coefficient (Wildman–Crippen LogP) is 12.0. The number of amidine groups is 2. The SMILES string of the molecule is CC1(C)c2ccccc2-c2cccc(C(N=Cc3c4ccccc4cc4c3ccc3ccccc34)=NC(=N)c3ccc(-c4ccccc4)cc3)c21. The molecule has 51 heavy (non-hydrogen) atoms. The molecule has 3 nitrogen and oxygen atoms in total. The summed E-state index contributed by atoms with van der Waals surface area (Å²) in [6.45, 7) is 4.55. The minimum absolute atomic E-state index is 0.168. The van der Waals surface area contributed by atoms with Crippen molar-refractivity contribution >= 4 is 50.2 Å². The van der Waals surface area contributed by atoms with Gasteiger partial charge in [-0.15, -0.1) is 0 Å². The molecular weight excluding hydrogens is 619 g/mol. The molecule has 0 bridgehead atoms. The maximum Gasteiger partial charge on any atom is 0.161 e. The predicted molar refractivity (Wildman–Crippen MR) is 216 cm³/mol. The van der Waals surface area contributed by atoms with E-state index >= 15 is 0 Å². The number of hydrogen-bond donors (Lipinski definition) is 1. The quantitative estimate of drug-likeness (QED) is 0.0850. The molecule has 0 fully saturated rings. The van der Waals surface area contributed by atoms with Gasteiger partial charge in [0, 0.05) is 28.3 Å². The van der Waals surface area contributed by atoms with E-state index in [-0.39, 0.29) is 11.3 Å². The van der Waals surface area contributed by atoms with Crippen LogP contribution in [0.25, 0.3) is 54.6 Å². The van der Waals surface area contributed by atoms with Crippen LogP contribution in [0.1, 0.15) is 41.7 Å². The molecule has 0 spiro atoms. The Bertz CT molecular complexity index is 2720. The van der Waals surface area contributed by atoms with Crippen LogP contribution < -0.4 is 0 Å². The second-order valence-electron chi connectivity index (χ2n) is 13.8. The third kappa shape index (κ3) is 5.17. The summed E-state index contributed by atoms with van der Waals surface area (Å²) < 4.78 is 0. The maximum absolute atomic E-state index is 9.28. The average Bonchev–Trinajstić information content (AvgIpc) is 3.42. The van der Waals surface area contributed by atoms with Crippen LogP contribution in [-0.4, -0.2) is 17.9 Å². The summed E-state index contributed by atoms with van der Waals surface area (Å²) >= 11 is 0. The Kier molecular flexibility index (Phi) is 7.29. The van der Waals surface area contributed by atoms with Crippen molar-refractivity contribution in [1.29, 1.82) is 5.41 Å². The molecule has 0 amide bonds. The van der Waals surface area contributed by atoms with Gasteiger partial charge < -0.3 is 0 Å². The number of hydrogen-bond acceptors (Lipinski definition) is 1. The molecule has 0 aliphatic heterocycles. The summed E-state index contributed by atoms with van der Waals surface area (Å²) in [6, 6.07) is 57.2. The minimum Gasteiger partial charge on any atom is -0.282 e. The first-order valence-corrected chi connectivity index (χ1v) is 17.4. The van der Waals surface area contributed by atoms with Gasteiger partial charge in [-0.25, -0.2) is 9.98 Å². The molecule has 0 saturated heterocycles. The highest BCUT2D eigenvalue weighted by Gasteiger charge is 2.38. The fourth-order valence-electron chi connectivity index (χ4n) is 7.93. The van der Waals surface area contributed by atoms with Crippen LogP contribution in [0.2, 0.25) is 0 Å². The Morgan fingerprint density at radius 2 is 1.22 bits per heavy atom. The van der Waals surface area contributed by atoms with Crippen molar-refractivity contribution in [2.75, 3.05) is 0 Å². The molecule has 1 N–H and O–H groups in total. The van der Waals surface area contributed by atoms with Crippen molar-refractivity contribution in [3.63, 3.8) is 0 Å². The largest absolute Gasteiger partial charge is 0.282 e. The first-order valence-electron chi connectivity index (χ1n) is 17.4. The normalized spacial score (nSPS) is 13.6. The van der Waals surface area contributed by atoms with Gasteiger partial charge in [0.25, 0.3) is 0 Å². The Morgan fingerprint density at radius 3 is 2.04 bits per heavy atom. The average molecular weight is 654 g/mol. The second-order valence-corrected chi connectivity index (χ2v) is 13.8. The van der Waals surface area contributed by atoms with E-state index in [2.05, 4.69) is 147 Å². The van der Waals surface area contributed by atoms with Crippen LogP contribution in [0.4, 0.5) is 0 Å². The van der Waals surface area contributed by atoms with Gasteiger partial charge in [-0.3, -0.25) is 5.41 Å². The molecule has 0 radical (unpaired) electrons. The zero-order valence-corrected chi connectivity index (χ0v) is 28.6. The van der Waals surface area contributed by atoms with Gasteiger partial charge >= 0.3 is 0 Å². The van der Waals surface area contributed by atoms with Crippen molar-refractivity contribution < 1.29 is 0 Å². The molecule has 0 unspecified atom stereocenters. The third-order valence-electron chi connectivity index (χ3n) is 10.4. The molecule has 242 valence electrons. The van der Waals surface area contributed by atoms with E-state index in [0.717, 1.165) is 44.0 Å². The van der Waals surface area contributed by atoms with Crippen molar-refractivity contribution in [2.24, 2.45) is 9.98 Å². The van der Waals surface area contributed by atoms with Crippen molar-refractivity contribution in [3.8, 4) is 22.3 Å². The number of benzene rings is 8. The van der Waals surface area contributed by atoms with E-state index in [1.165, 1.54) is 38.4 Å². The van der Waals surface area contributed by atoms with Crippen molar-refractivity contribution in [2.45, 2.75) is 19.3 Å². The third-order valence-corrected chi connectivity index (χ3v) is 10.4. The van der Waals surface area contributed by atoms with Crippen LogP contribution in [0, 0.1) is 5.41 Å². The Balaban J connectivity index is 1.23. The first kappa shape index (κ1) is 30.6. The van der Waals surface area contributed by atoms with Gasteiger partial charge in [0.05, 0.1) is 0 Å². The maximum atomic E-state index is 9.28. The lowest BCUT2D eigenvalue weighted by atomic mass is 9.80. The Labute approximate surface area is 297 Å². The van der Waals surface area contributed by atoms with E-state index in [0.29, 0.717) is 5.84 Å². The fourth-order valence-corrected chi connectivity index (χ4v) is 7.93. The van der Waals surface area contributed by atoms with E-state index in [9.17, 15) is 5.41 Å². The van der Waals surface area contributed by atoms with Gasteiger partial charge in [0.2, 0.25) is 0 Å². The minimum atomic E-state index is -0.274. The highest BCUT2D eigenvalue weighted by atomic mass is 15.0. The number of fused-ring (bicyclic) bond motifs is 7. The van der Waals surface area contributed by atoms with Gasteiger partial charge in [0.15, 0.2) is 11.7 Å². The van der Waals surface area contributed by atoms with Crippen LogP contribution in [0.3, 0.4) is 0 Å². The van der Waals surface area contributed by atoms with Crippen LogP contribution >= 0.6 is 0 Å². The zero-order valence-electron chi connectivity index (χ0n) is 28.6. The van der Waals surface area contributed by atoms with E-state index in [4.69, 9.17) is 9.98 Å². The molecule has 8 aromatic rings. The van der Waals surface area contributed by atoms with E-state index in [1.807, 2.05) is 36.5 Å². The first-order chi connectivity index (χ1) is 25.0. The lowest BCUT2D eigenvalue weighted by Gasteiger charge is -2.24. The molecule has 9 rings (SSSR count). The number of nitrogens with one attached hydrogen (secondary N) is 1. The number of rotatable bonds is 4. The standard InChI is InChI=1S/C48H35N3/c1-48(2)44-22-11-10-19-39(44)40-20-12-21-41(45(40)48)47(51-46(49)34-25-23-32(24-26-34)31-13-4-3-5-14-31)50-30-43-37-18-9-7-16-35(37)29-42-36-17-8-6-15-33(36)27-28-38(42)43/h3-30,49H,1-2H3. The molecule has 0 aromatic heterocycles. The van der Waals surface area contributed by atoms with Gasteiger partial charge in [-0.1, -0.05) is 172 Å². The lowest BCUT2D eigenvalue weighted by Crippen LogP contribution is -2.19. The van der Waals surface area contributed by atoms with Gasteiger partial charge in [-0.05, 0) is 71.8 Å². The molecule has 0 saturated carbocycles. The number of nitrogens with zero attached hydrogens (tertiary/aromatic N) is 2. The Morgan fingerprint density at radius 1 is 0.549 bits per heavy atom. The van der Waals surface area contributed by atoms with Crippen molar-refractivity contribution in [1.82, 2.24) is 0 Å². The monoisotopic (exact) mass is 653 g/mol. The topological polar surface area (TPSA) is 48.6 Å². The van der Waals surface area contributed by atoms with E-state index in [1.54, 1.807) is 0 Å². The molecule has 3 heteroatoms. The van der Waals surface area contributed by atoms with E-state index < -0.39 is 0 Å². The smallest absolute Gasteiger partial charge is 0.161 e. The van der Waals surface area contributed by atoms with Crippen molar-refractivity contribution in [3.05, 3.63) is 192 Å². The molecule has 8 aromatic carbocycles. The van der Waals surface area contributed by atoms with Crippen LogP contribution in [0.15, 0.2) is 174 Å². The van der Waals surface area contributed by atoms with Crippen LogP contribution in [0.5, 0.6) is 0 Å². The Hall–Kier alpha value is -6.45. The van der Waals surface area contributed by atoms with Crippen LogP contribution in [-0.2, 0) is 5.41 Å². The second kappa shape index (κ2) is 12.2. The highest BCUT2D eigenvalue weighted by Crippen LogP contribution is 2.50. The van der Waals surface area contributed by atoms with Gasteiger partial charge in [0.1, 0.15) is 0 Å². The number of aliphatic imine (C=N–C) groups is 2.